The highest BCUT2D eigenvalue weighted by molar-refractivity contribution is 6.59. The molecular weight excluding hydrogens is 207 g/mol. The Kier molecular flexibility index (Phi) is 2.76. The molecule has 6 heteroatoms. The molecular formula is C10H11BN2O3. The molecule has 0 atom stereocenters. The molecule has 5 nitrogen and oxygen atoms in total. The Labute approximate surface area is 92.9 Å². The number of nitrogens with zero attached hydrogens (tertiary/aromatic N) is 2. The van der Waals surface area contributed by atoms with E-state index in [2.05, 4.69) is 10.2 Å². The maximum atomic E-state index is 9.17. The third kappa shape index (κ3) is 1.98. The summed E-state index contributed by atoms with van der Waals surface area (Å²) in [5, 5.41) is 25.9. The molecule has 0 unspecified atom stereocenters. The Balaban J connectivity index is 2.47. The second-order valence-electron chi connectivity index (χ2n) is 3.57. The third-order valence-electron chi connectivity index (χ3n) is 2.33. The molecule has 2 aromatic rings. The highest BCUT2D eigenvalue weighted by Gasteiger charge is 2.16. The van der Waals surface area contributed by atoms with Gasteiger partial charge in [0.2, 0.25) is 11.8 Å². The monoisotopic (exact) mass is 218 g/mol. The van der Waals surface area contributed by atoms with Gasteiger partial charge in [-0.05, 0) is 24.5 Å². The highest BCUT2D eigenvalue weighted by atomic mass is 16.4. The largest absolute Gasteiger partial charge is 0.488 e. The molecule has 16 heavy (non-hydrogen) atoms. The first-order valence-electron chi connectivity index (χ1n) is 4.85. The Hall–Kier alpha value is -1.66. The lowest BCUT2D eigenvalue weighted by Crippen LogP contribution is -2.32. The standard InChI is InChI=1S/C10H11BN2O3/c1-6-3-4-8(5-9(6)11(14)15)10-13-12-7(2)16-10/h3-5,14-15H,1-2H3. The van der Waals surface area contributed by atoms with Gasteiger partial charge in [-0.3, -0.25) is 0 Å². The van der Waals surface area contributed by atoms with Crippen LogP contribution in [0.2, 0.25) is 0 Å². The van der Waals surface area contributed by atoms with Crippen molar-refractivity contribution in [2.45, 2.75) is 13.8 Å². The normalized spacial score (nSPS) is 10.5. The minimum Gasteiger partial charge on any atom is -0.423 e. The van der Waals surface area contributed by atoms with Crippen molar-refractivity contribution in [1.82, 2.24) is 10.2 Å². The number of benzene rings is 1. The lowest BCUT2D eigenvalue weighted by molar-refractivity contribution is 0.425. The summed E-state index contributed by atoms with van der Waals surface area (Å²) in [5.74, 6) is 0.848. The topological polar surface area (TPSA) is 79.4 Å². The van der Waals surface area contributed by atoms with Gasteiger partial charge in [-0.1, -0.05) is 11.6 Å². The Morgan fingerprint density at radius 1 is 1.19 bits per heavy atom. The van der Waals surface area contributed by atoms with Crippen LogP contribution in [0.1, 0.15) is 11.5 Å². The number of aromatic nitrogens is 2. The van der Waals surface area contributed by atoms with Crippen LogP contribution in [-0.4, -0.2) is 27.4 Å². The first kappa shape index (κ1) is 10.8. The zero-order chi connectivity index (χ0) is 11.7. The Morgan fingerprint density at radius 2 is 1.94 bits per heavy atom. The van der Waals surface area contributed by atoms with E-state index in [9.17, 15) is 10.0 Å². The summed E-state index contributed by atoms with van der Waals surface area (Å²) in [6.07, 6.45) is 0. The van der Waals surface area contributed by atoms with E-state index in [0.717, 1.165) is 5.56 Å². The molecule has 0 aliphatic rings. The average Bonchev–Trinajstić information content (AvgIpc) is 2.65. The minimum atomic E-state index is -1.50. The van der Waals surface area contributed by atoms with Crippen LogP contribution in [0.25, 0.3) is 11.5 Å². The molecule has 1 heterocycles. The minimum absolute atomic E-state index is 0.374. The van der Waals surface area contributed by atoms with Crippen LogP contribution in [0.15, 0.2) is 22.6 Å². The van der Waals surface area contributed by atoms with Crippen LogP contribution < -0.4 is 5.46 Å². The predicted molar refractivity (Wildman–Crippen MR) is 59.0 cm³/mol. The maximum absolute atomic E-state index is 9.17. The van der Waals surface area contributed by atoms with Crippen molar-refractivity contribution in [1.29, 1.82) is 0 Å². The molecule has 2 rings (SSSR count). The first-order valence-corrected chi connectivity index (χ1v) is 4.85. The fourth-order valence-electron chi connectivity index (χ4n) is 1.46. The second-order valence-corrected chi connectivity index (χ2v) is 3.57. The molecule has 1 aromatic carbocycles. The summed E-state index contributed by atoms with van der Waals surface area (Å²) in [6, 6.07) is 5.21. The number of rotatable bonds is 2. The molecule has 0 saturated carbocycles. The van der Waals surface area contributed by atoms with Crippen LogP contribution in [0.4, 0.5) is 0 Å². The van der Waals surface area contributed by atoms with Crippen molar-refractivity contribution in [2.75, 3.05) is 0 Å². The van der Waals surface area contributed by atoms with E-state index in [4.69, 9.17) is 4.42 Å². The zero-order valence-electron chi connectivity index (χ0n) is 9.01. The molecule has 2 N–H and O–H groups in total. The van der Waals surface area contributed by atoms with Gasteiger partial charge in [-0.25, -0.2) is 0 Å². The first-order chi connectivity index (χ1) is 7.58. The fraction of sp³-hybridized carbons (Fsp3) is 0.200. The van der Waals surface area contributed by atoms with Crippen molar-refractivity contribution >= 4 is 12.6 Å². The van der Waals surface area contributed by atoms with Crippen molar-refractivity contribution in [2.24, 2.45) is 0 Å². The van der Waals surface area contributed by atoms with Crippen LogP contribution in [0.5, 0.6) is 0 Å². The SMILES string of the molecule is Cc1nnc(-c2ccc(C)c(B(O)O)c2)o1. The van der Waals surface area contributed by atoms with Crippen molar-refractivity contribution in [3.8, 4) is 11.5 Å². The van der Waals surface area contributed by atoms with Crippen LogP contribution in [0, 0.1) is 13.8 Å². The molecule has 1 aromatic heterocycles. The second kappa shape index (κ2) is 4.07. The zero-order valence-corrected chi connectivity index (χ0v) is 9.01. The molecule has 0 aliphatic heterocycles. The van der Waals surface area contributed by atoms with E-state index >= 15 is 0 Å². The summed E-state index contributed by atoms with van der Waals surface area (Å²) in [7, 11) is -1.50. The third-order valence-corrected chi connectivity index (χ3v) is 2.33. The number of hydrogen-bond donors (Lipinski definition) is 2. The molecule has 0 radical (unpaired) electrons. The van der Waals surface area contributed by atoms with Gasteiger partial charge in [0.1, 0.15) is 0 Å². The van der Waals surface area contributed by atoms with Crippen LogP contribution in [-0.2, 0) is 0 Å². The molecule has 0 aliphatic carbocycles. The summed E-state index contributed by atoms with van der Waals surface area (Å²) in [4.78, 5) is 0. The lowest BCUT2D eigenvalue weighted by Gasteiger charge is -2.05. The van der Waals surface area contributed by atoms with Gasteiger partial charge in [-0.2, -0.15) is 0 Å². The van der Waals surface area contributed by atoms with Crippen molar-refractivity contribution < 1.29 is 14.5 Å². The molecule has 0 fully saturated rings. The molecule has 0 spiro atoms. The van der Waals surface area contributed by atoms with E-state index in [1.165, 1.54) is 0 Å². The summed E-state index contributed by atoms with van der Waals surface area (Å²) < 4.78 is 5.26. The maximum Gasteiger partial charge on any atom is 0.488 e. The fourth-order valence-corrected chi connectivity index (χ4v) is 1.46. The van der Waals surface area contributed by atoms with Gasteiger partial charge >= 0.3 is 7.12 Å². The van der Waals surface area contributed by atoms with Gasteiger partial charge in [0.15, 0.2) is 0 Å². The van der Waals surface area contributed by atoms with E-state index in [-0.39, 0.29) is 0 Å². The molecule has 0 bridgehead atoms. The van der Waals surface area contributed by atoms with E-state index < -0.39 is 7.12 Å². The summed E-state index contributed by atoms with van der Waals surface area (Å²) >= 11 is 0. The lowest BCUT2D eigenvalue weighted by atomic mass is 9.76. The van der Waals surface area contributed by atoms with Gasteiger partial charge in [0.25, 0.3) is 0 Å². The smallest absolute Gasteiger partial charge is 0.423 e. The summed E-state index contributed by atoms with van der Waals surface area (Å²) in [6.45, 7) is 3.50. The quantitative estimate of drug-likeness (QED) is 0.695. The molecule has 82 valence electrons. The van der Waals surface area contributed by atoms with E-state index in [0.29, 0.717) is 22.8 Å². The van der Waals surface area contributed by atoms with E-state index in [1.807, 2.05) is 0 Å². The van der Waals surface area contributed by atoms with E-state index in [1.54, 1.807) is 32.0 Å². The van der Waals surface area contributed by atoms with Crippen LogP contribution >= 0.6 is 0 Å². The van der Waals surface area contributed by atoms with Gasteiger partial charge in [-0.15, -0.1) is 10.2 Å². The van der Waals surface area contributed by atoms with Crippen molar-refractivity contribution in [3.05, 3.63) is 29.7 Å². The molecule has 0 saturated heterocycles. The number of aryl methyl sites for hydroxylation is 2. The molecule has 0 amide bonds. The predicted octanol–water partition coefficient (Wildman–Crippen LogP) is 0.0332. The van der Waals surface area contributed by atoms with Crippen LogP contribution in [0.3, 0.4) is 0 Å². The van der Waals surface area contributed by atoms with Gasteiger partial charge in [0, 0.05) is 12.5 Å². The Bertz CT molecular complexity index is 511. The van der Waals surface area contributed by atoms with Crippen molar-refractivity contribution in [3.63, 3.8) is 0 Å². The Morgan fingerprint density at radius 3 is 2.50 bits per heavy atom. The summed E-state index contributed by atoms with van der Waals surface area (Å²) in [5.41, 5.74) is 1.91. The highest BCUT2D eigenvalue weighted by Crippen LogP contribution is 2.16. The van der Waals surface area contributed by atoms with Gasteiger partial charge in [0.05, 0.1) is 0 Å². The number of hydrogen-bond acceptors (Lipinski definition) is 5. The van der Waals surface area contributed by atoms with Gasteiger partial charge < -0.3 is 14.5 Å². The average molecular weight is 218 g/mol.